The summed E-state index contributed by atoms with van der Waals surface area (Å²) in [7, 11) is 0. The molecule has 0 spiro atoms. The number of thiazole rings is 1. The summed E-state index contributed by atoms with van der Waals surface area (Å²) in [5, 5.41) is 2.77. The Morgan fingerprint density at radius 1 is 1.11 bits per heavy atom. The summed E-state index contributed by atoms with van der Waals surface area (Å²) < 4.78 is 6.47. The van der Waals surface area contributed by atoms with Gasteiger partial charge < -0.3 is 4.74 Å². The van der Waals surface area contributed by atoms with Crippen molar-refractivity contribution in [1.82, 2.24) is 4.98 Å². The first kappa shape index (κ1) is 19.3. The summed E-state index contributed by atoms with van der Waals surface area (Å²) >= 11 is 4.98. The van der Waals surface area contributed by atoms with Crippen LogP contribution in [0.25, 0.3) is 11.3 Å². The molecule has 0 radical (unpaired) electrons. The van der Waals surface area contributed by atoms with Crippen molar-refractivity contribution in [3.05, 3.63) is 70.0 Å². The van der Waals surface area contributed by atoms with E-state index in [4.69, 9.17) is 9.72 Å². The van der Waals surface area contributed by atoms with Gasteiger partial charge in [0.05, 0.1) is 12.2 Å². The zero-order valence-corrected chi connectivity index (χ0v) is 17.8. The molecule has 2 heterocycles. The highest BCUT2D eigenvalue weighted by Gasteiger charge is 2.29. The molecule has 28 heavy (non-hydrogen) atoms. The van der Waals surface area contributed by atoms with Crippen LogP contribution in [0.2, 0.25) is 0 Å². The Labute approximate surface area is 177 Å². The largest absolute Gasteiger partial charge is 0.381 e. The standard InChI is InChI=1S/C22H21BrN2O2S/c23-19-8-6-17(7-9-19)20-15-28-22(24-20)25(14-16-4-2-1-3-5-16)21(26)18-10-12-27-13-11-18/h1-9,15,18H,10-14H2. The number of carbonyl (C=O) groups excluding carboxylic acids is 1. The van der Waals surface area contributed by atoms with Crippen molar-refractivity contribution in [2.45, 2.75) is 19.4 Å². The normalized spacial score (nSPS) is 14.8. The Bertz CT molecular complexity index is 921. The number of rotatable bonds is 5. The highest BCUT2D eigenvalue weighted by atomic mass is 79.9. The maximum absolute atomic E-state index is 13.3. The number of amides is 1. The third-order valence-corrected chi connectivity index (χ3v) is 6.28. The summed E-state index contributed by atoms with van der Waals surface area (Å²) in [6.45, 7) is 1.83. The van der Waals surface area contributed by atoms with Gasteiger partial charge in [-0.15, -0.1) is 11.3 Å². The molecule has 144 valence electrons. The van der Waals surface area contributed by atoms with E-state index < -0.39 is 0 Å². The van der Waals surface area contributed by atoms with Crippen LogP contribution in [0, 0.1) is 5.92 Å². The van der Waals surface area contributed by atoms with Crippen molar-refractivity contribution in [3.8, 4) is 11.3 Å². The Kier molecular flexibility index (Phi) is 6.20. The number of nitrogens with zero attached hydrogens (tertiary/aromatic N) is 2. The molecule has 0 bridgehead atoms. The van der Waals surface area contributed by atoms with E-state index in [-0.39, 0.29) is 11.8 Å². The van der Waals surface area contributed by atoms with Crippen molar-refractivity contribution in [2.24, 2.45) is 5.92 Å². The molecule has 1 aromatic heterocycles. The third kappa shape index (κ3) is 4.51. The first-order valence-electron chi connectivity index (χ1n) is 9.35. The molecule has 1 fully saturated rings. The van der Waals surface area contributed by atoms with Crippen LogP contribution in [0.5, 0.6) is 0 Å². The van der Waals surface area contributed by atoms with Crippen molar-refractivity contribution in [1.29, 1.82) is 0 Å². The second-order valence-electron chi connectivity index (χ2n) is 6.82. The topological polar surface area (TPSA) is 42.4 Å². The van der Waals surface area contributed by atoms with Gasteiger partial charge in [0, 0.05) is 34.5 Å². The third-order valence-electron chi connectivity index (χ3n) is 4.88. The monoisotopic (exact) mass is 456 g/mol. The molecule has 1 saturated heterocycles. The second-order valence-corrected chi connectivity index (χ2v) is 8.57. The number of ether oxygens (including phenoxy) is 1. The van der Waals surface area contributed by atoms with E-state index in [2.05, 4.69) is 15.9 Å². The molecule has 0 N–H and O–H groups in total. The fourth-order valence-corrected chi connectivity index (χ4v) is 4.42. The van der Waals surface area contributed by atoms with Crippen molar-refractivity contribution < 1.29 is 9.53 Å². The van der Waals surface area contributed by atoms with Gasteiger partial charge in [-0.3, -0.25) is 9.69 Å². The van der Waals surface area contributed by atoms with Crippen LogP contribution in [0.3, 0.4) is 0 Å². The number of aromatic nitrogens is 1. The van der Waals surface area contributed by atoms with Crippen molar-refractivity contribution in [2.75, 3.05) is 18.1 Å². The van der Waals surface area contributed by atoms with Crippen LogP contribution >= 0.6 is 27.3 Å². The van der Waals surface area contributed by atoms with E-state index in [1.807, 2.05) is 64.9 Å². The Hall–Kier alpha value is -2.02. The van der Waals surface area contributed by atoms with Crippen molar-refractivity contribution >= 4 is 38.3 Å². The smallest absolute Gasteiger partial charge is 0.232 e. The molecule has 2 aromatic carbocycles. The summed E-state index contributed by atoms with van der Waals surface area (Å²) in [6, 6.07) is 18.2. The van der Waals surface area contributed by atoms with Crippen molar-refractivity contribution in [3.63, 3.8) is 0 Å². The zero-order chi connectivity index (χ0) is 19.3. The van der Waals surface area contributed by atoms with Crippen LogP contribution in [0.4, 0.5) is 5.13 Å². The predicted molar refractivity (Wildman–Crippen MR) is 116 cm³/mol. The lowest BCUT2D eigenvalue weighted by Gasteiger charge is -2.28. The molecule has 0 aliphatic carbocycles. The maximum atomic E-state index is 13.3. The number of hydrogen-bond donors (Lipinski definition) is 0. The summed E-state index contributed by atoms with van der Waals surface area (Å²) in [4.78, 5) is 20.0. The average molecular weight is 457 g/mol. The lowest BCUT2D eigenvalue weighted by molar-refractivity contribution is -0.125. The number of anilines is 1. The molecular formula is C22H21BrN2O2S. The molecule has 6 heteroatoms. The first-order chi connectivity index (χ1) is 13.7. The van der Waals surface area contributed by atoms with Gasteiger partial charge in [-0.05, 0) is 30.5 Å². The van der Waals surface area contributed by atoms with Gasteiger partial charge in [-0.2, -0.15) is 0 Å². The molecule has 0 unspecified atom stereocenters. The quantitative estimate of drug-likeness (QED) is 0.506. The lowest BCUT2D eigenvalue weighted by Crippen LogP contribution is -2.38. The zero-order valence-electron chi connectivity index (χ0n) is 15.4. The molecule has 1 aliphatic rings. The number of halogens is 1. The van der Waals surface area contributed by atoms with Crippen LogP contribution in [-0.4, -0.2) is 24.1 Å². The van der Waals surface area contributed by atoms with E-state index >= 15 is 0 Å². The van der Waals surface area contributed by atoms with E-state index in [0.717, 1.165) is 39.3 Å². The number of carbonyl (C=O) groups is 1. The van der Waals surface area contributed by atoms with Gasteiger partial charge in [-0.25, -0.2) is 4.98 Å². The Morgan fingerprint density at radius 3 is 2.54 bits per heavy atom. The predicted octanol–water partition coefficient (Wildman–Crippen LogP) is 5.53. The fraction of sp³-hybridized carbons (Fsp3) is 0.273. The van der Waals surface area contributed by atoms with E-state index in [1.165, 1.54) is 11.3 Å². The molecule has 0 atom stereocenters. The van der Waals surface area contributed by atoms with Gasteiger partial charge in [0.15, 0.2) is 5.13 Å². The highest BCUT2D eigenvalue weighted by molar-refractivity contribution is 9.10. The fourth-order valence-electron chi connectivity index (χ4n) is 3.31. The molecule has 0 saturated carbocycles. The SMILES string of the molecule is O=C(C1CCOCC1)N(Cc1ccccc1)c1nc(-c2ccc(Br)cc2)cs1. The molecule has 4 nitrogen and oxygen atoms in total. The lowest BCUT2D eigenvalue weighted by atomic mass is 9.98. The minimum atomic E-state index is -0.00232. The highest BCUT2D eigenvalue weighted by Crippen LogP contribution is 2.31. The van der Waals surface area contributed by atoms with Gasteiger partial charge in [0.2, 0.25) is 5.91 Å². The van der Waals surface area contributed by atoms with Gasteiger partial charge in [0.25, 0.3) is 0 Å². The molecular weight excluding hydrogens is 436 g/mol. The summed E-state index contributed by atoms with van der Waals surface area (Å²) in [5.74, 6) is 0.140. The number of hydrogen-bond acceptors (Lipinski definition) is 4. The van der Waals surface area contributed by atoms with E-state index in [1.54, 1.807) is 0 Å². The van der Waals surface area contributed by atoms with Gasteiger partial charge >= 0.3 is 0 Å². The Morgan fingerprint density at radius 2 is 1.82 bits per heavy atom. The van der Waals surface area contributed by atoms with E-state index in [0.29, 0.717) is 19.8 Å². The van der Waals surface area contributed by atoms with Crippen LogP contribution in [-0.2, 0) is 16.1 Å². The average Bonchev–Trinajstić information content (AvgIpc) is 3.23. The number of benzene rings is 2. The molecule has 1 aliphatic heterocycles. The minimum Gasteiger partial charge on any atom is -0.381 e. The minimum absolute atomic E-state index is 0.00232. The van der Waals surface area contributed by atoms with Gasteiger partial charge in [0.1, 0.15) is 0 Å². The molecule has 4 rings (SSSR count). The molecule has 1 amide bonds. The first-order valence-corrected chi connectivity index (χ1v) is 11.0. The van der Waals surface area contributed by atoms with Gasteiger partial charge in [-0.1, -0.05) is 58.4 Å². The van der Waals surface area contributed by atoms with Crippen LogP contribution in [0.1, 0.15) is 18.4 Å². The van der Waals surface area contributed by atoms with Crippen LogP contribution in [0.15, 0.2) is 64.5 Å². The van der Waals surface area contributed by atoms with Crippen LogP contribution < -0.4 is 4.90 Å². The second kappa shape index (κ2) is 8.99. The summed E-state index contributed by atoms with van der Waals surface area (Å²) in [6.07, 6.45) is 1.55. The molecule has 3 aromatic rings. The maximum Gasteiger partial charge on any atom is 0.232 e. The van der Waals surface area contributed by atoms with E-state index in [9.17, 15) is 4.79 Å². The Balaban J connectivity index is 1.62. The summed E-state index contributed by atoms with van der Waals surface area (Å²) in [5.41, 5.74) is 3.04.